The lowest BCUT2D eigenvalue weighted by molar-refractivity contribution is 0.405. The van der Waals surface area contributed by atoms with E-state index in [9.17, 15) is 0 Å². The van der Waals surface area contributed by atoms with Gasteiger partial charge in [-0.25, -0.2) is 0 Å². The van der Waals surface area contributed by atoms with E-state index in [1.54, 1.807) is 7.11 Å². The molecule has 1 atom stereocenters. The molecule has 0 radical (unpaired) electrons. The van der Waals surface area contributed by atoms with Crippen molar-refractivity contribution < 1.29 is 4.74 Å². The summed E-state index contributed by atoms with van der Waals surface area (Å²) in [5.41, 5.74) is 6.60. The average Bonchev–Trinajstić information content (AvgIpc) is 2.30. The maximum Gasteiger partial charge on any atom is 0.123 e. The molecule has 0 saturated carbocycles. The zero-order chi connectivity index (χ0) is 12.7. The fourth-order valence-corrected chi connectivity index (χ4v) is 1.92. The molecule has 1 aromatic rings. The Hall–Kier alpha value is -0.770. The first-order valence-corrected chi connectivity index (χ1v) is 6.28. The molecule has 0 bridgehead atoms. The number of nitrogens with one attached hydrogen (secondary N) is 1. The number of halogens is 1. The van der Waals surface area contributed by atoms with Crippen LogP contribution < -0.4 is 15.8 Å². The minimum atomic E-state index is 0.588. The van der Waals surface area contributed by atoms with Crippen molar-refractivity contribution in [3.8, 4) is 5.75 Å². The van der Waals surface area contributed by atoms with Gasteiger partial charge in [-0.2, -0.15) is 0 Å². The second kappa shape index (κ2) is 7.54. The smallest absolute Gasteiger partial charge is 0.123 e. The maximum atomic E-state index is 5.97. The highest BCUT2D eigenvalue weighted by atomic mass is 35.5. The van der Waals surface area contributed by atoms with Crippen LogP contribution in [0.25, 0.3) is 0 Å². The SMILES string of the molecule is COc1ccc(Cl)cc1CNCC(C)CCN. The van der Waals surface area contributed by atoms with Crippen molar-refractivity contribution in [2.24, 2.45) is 11.7 Å². The van der Waals surface area contributed by atoms with Crippen molar-refractivity contribution in [2.75, 3.05) is 20.2 Å². The van der Waals surface area contributed by atoms with Crippen LogP contribution in [0.2, 0.25) is 5.02 Å². The van der Waals surface area contributed by atoms with E-state index in [0.717, 1.165) is 42.4 Å². The molecule has 4 heteroatoms. The summed E-state index contributed by atoms with van der Waals surface area (Å²) in [6.45, 7) is 4.64. The Balaban J connectivity index is 2.48. The summed E-state index contributed by atoms with van der Waals surface area (Å²) < 4.78 is 5.29. The highest BCUT2D eigenvalue weighted by Crippen LogP contribution is 2.22. The van der Waals surface area contributed by atoms with Gasteiger partial charge < -0.3 is 15.8 Å². The van der Waals surface area contributed by atoms with Crippen molar-refractivity contribution in [3.05, 3.63) is 28.8 Å². The molecule has 0 aliphatic rings. The minimum absolute atomic E-state index is 0.588. The van der Waals surface area contributed by atoms with Gasteiger partial charge in [0.1, 0.15) is 5.75 Å². The van der Waals surface area contributed by atoms with Crippen LogP contribution in [-0.4, -0.2) is 20.2 Å². The second-order valence-corrected chi connectivity index (χ2v) is 4.71. The molecule has 0 spiro atoms. The van der Waals surface area contributed by atoms with E-state index in [-0.39, 0.29) is 0 Å². The zero-order valence-electron chi connectivity index (χ0n) is 10.5. The lowest BCUT2D eigenvalue weighted by Crippen LogP contribution is -2.22. The highest BCUT2D eigenvalue weighted by Gasteiger charge is 2.05. The van der Waals surface area contributed by atoms with Crippen LogP contribution in [0.4, 0.5) is 0 Å². The van der Waals surface area contributed by atoms with E-state index in [1.807, 2.05) is 18.2 Å². The quantitative estimate of drug-likeness (QED) is 0.788. The standard InChI is InChI=1S/C13H21ClN2O/c1-10(5-6-15)8-16-9-11-7-12(14)3-4-13(11)17-2/h3-4,7,10,16H,5-6,8-9,15H2,1-2H3. The number of hydrogen-bond acceptors (Lipinski definition) is 3. The third-order valence-corrected chi connectivity index (χ3v) is 2.95. The molecule has 0 amide bonds. The molecule has 0 heterocycles. The van der Waals surface area contributed by atoms with Crippen LogP contribution in [-0.2, 0) is 6.54 Å². The first-order chi connectivity index (χ1) is 8.17. The molecule has 3 nitrogen and oxygen atoms in total. The third kappa shape index (κ3) is 4.94. The van der Waals surface area contributed by atoms with E-state index >= 15 is 0 Å². The van der Waals surface area contributed by atoms with Crippen molar-refractivity contribution >= 4 is 11.6 Å². The topological polar surface area (TPSA) is 47.3 Å². The fourth-order valence-electron chi connectivity index (χ4n) is 1.73. The molecule has 96 valence electrons. The molecular weight excluding hydrogens is 236 g/mol. The van der Waals surface area contributed by atoms with Gasteiger partial charge in [0.05, 0.1) is 7.11 Å². The number of methoxy groups -OCH3 is 1. The van der Waals surface area contributed by atoms with Gasteiger partial charge in [-0.3, -0.25) is 0 Å². The lowest BCUT2D eigenvalue weighted by Gasteiger charge is -2.13. The molecular formula is C13H21ClN2O. The first kappa shape index (κ1) is 14.3. The van der Waals surface area contributed by atoms with Gasteiger partial charge in [-0.15, -0.1) is 0 Å². The first-order valence-electron chi connectivity index (χ1n) is 5.90. The Morgan fingerprint density at radius 3 is 2.88 bits per heavy atom. The normalized spacial score (nSPS) is 12.5. The highest BCUT2D eigenvalue weighted by molar-refractivity contribution is 6.30. The Bertz CT molecular complexity index is 344. The molecule has 0 aliphatic heterocycles. The molecule has 1 unspecified atom stereocenters. The number of hydrogen-bond donors (Lipinski definition) is 2. The van der Waals surface area contributed by atoms with E-state index in [4.69, 9.17) is 22.1 Å². The van der Waals surface area contributed by atoms with E-state index in [1.165, 1.54) is 0 Å². The predicted molar refractivity (Wildman–Crippen MR) is 72.5 cm³/mol. The third-order valence-electron chi connectivity index (χ3n) is 2.71. The van der Waals surface area contributed by atoms with Crippen molar-refractivity contribution in [3.63, 3.8) is 0 Å². The summed E-state index contributed by atoms with van der Waals surface area (Å²) in [5, 5.41) is 4.13. The number of ether oxygens (including phenoxy) is 1. The summed E-state index contributed by atoms with van der Waals surface area (Å²) in [4.78, 5) is 0. The van der Waals surface area contributed by atoms with Crippen molar-refractivity contribution in [1.29, 1.82) is 0 Å². The van der Waals surface area contributed by atoms with Gasteiger partial charge in [0.25, 0.3) is 0 Å². The Labute approximate surface area is 108 Å². The molecule has 0 aliphatic carbocycles. The largest absolute Gasteiger partial charge is 0.496 e. The number of nitrogens with two attached hydrogens (primary N) is 1. The van der Waals surface area contributed by atoms with Gasteiger partial charge in [0, 0.05) is 17.1 Å². The summed E-state index contributed by atoms with van der Waals surface area (Å²) in [7, 11) is 1.67. The molecule has 1 rings (SSSR count). The minimum Gasteiger partial charge on any atom is -0.496 e. The number of benzene rings is 1. The second-order valence-electron chi connectivity index (χ2n) is 4.27. The number of rotatable bonds is 7. The van der Waals surface area contributed by atoms with Crippen LogP contribution >= 0.6 is 11.6 Å². The van der Waals surface area contributed by atoms with Crippen molar-refractivity contribution in [2.45, 2.75) is 19.9 Å². The van der Waals surface area contributed by atoms with E-state index in [2.05, 4.69) is 12.2 Å². The molecule has 3 N–H and O–H groups in total. The summed E-state index contributed by atoms with van der Waals surface area (Å²) in [6.07, 6.45) is 1.04. The molecule has 17 heavy (non-hydrogen) atoms. The van der Waals surface area contributed by atoms with Crippen LogP contribution in [0.1, 0.15) is 18.9 Å². The van der Waals surface area contributed by atoms with Gasteiger partial charge in [-0.1, -0.05) is 18.5 Å². The summed E-state index contributed by atoms with van der Waals surface area (Å²) in [5.74, 6) is 1.46. The zero-order valence-corrected chi connectivity index (χ0v) is 11.3. The summed E-state index contributed by atoms with van der Waals surface area (Å²) >= 11 is 5.97. The Morgan fingerprint density at radius 1 is 1.47 bits per heavy atom. The molecule has 0 saturated heterocycles. The van der Waals surface area contributed by atoms with Crippen LogP contribution in [0, 0.1) is 5.92 Å². The predicted octanol–water partition coefficient (Wildman–Crippen LogP) is 2.42. The molecule has 0 aromatic heterocycles. The van der Waals surface area contributed by atoms with Gasteiger partial charge >= 0.3 is 0 Å². The van der Waals surface area contributed by atoms with Gasteiger partial charge in [-0.05, 0) is 43.6 Å². The van der Waals surface area contributed by atoms with E-state index < -0.39 is 0 Å². The van der Waals surface area contributed by atoms with Gasteiger partial charge in [0.15, 0.2) is 0 Å². The van der Waals surface area contributed by atoms with Crippen LogP contribution in [0.15, 0.2) is 18.2 Å². The Morgan fingerprint density at radius 2 is 2.24 bits per heavy atom. The Kier molecular flexibility index (Phi) is 6.34. The van der Waals surface area contributed by atoms with Crippen LogP contribution in [0.3, 0.4) is 0 Å². The monoisotopic (exact) mass is 256 g/mol. The van der Waals surface area contributed by atoms with E-state index in [0.29, 0.717) is 5.92 Å². The molecule has 1 aromatic carbocycles. The average molecular weight is 257 g/mol. The lowest BCUT2D eigenvalue weighted by atomic mass is 10.1. The maximum absolute atomic E-state index is 5.97. The van der Waals surface area contributed by atoms with Crippen molar-refractivity contribution in [1.82, 2.24) is 5.32 Å². The van der Waals surface area contributed by atoms with Crippen LogP contribution in [0.5, 0.6) is 5.75 Å². The molecule has 0 fully saturated rings. The fraction of sp³-hybridized carbons (Fsp3) is 0.538. The summed E-state index contributed by atoms with van der Waals surface area (Å²) in [6, 6.07) is 5.66. The van der Waals surface area contributed by atoms with Gasteiger partial charge in [0.2, 0.25) is 0 Å².